The minimum Gasteiger partial charge on any atom is -0.356 e. The van der Waals surface area contributed by atoms with Gasteiger partial charge in [0.15, 0.2) is 5.96 Å². The molecule has 0 saturated heterocycles. The van der Waals surface area contributed by atoms with Crippen LogP contribution in [-0.4, -0.2) is 31.1 Å². The van der Waals surface area contributed by atoms with Crippen molar-refractivity contribution >= 4 is 41.3 Å². The summed E-state index contributed by atoms with van der Waals surface area (Å²) in [7, 11) is 1.73. The maximum absolute atomic E-state index is 13.5. The van der Waals surface area contributed by atoms with Gasteiger partial charge in [-0.05, 0) is 24.5 Å². The molecule has 2 aromatic rings. The minimum atomic E-state index is -0.160. The lowest BCUT2D eigenvalue weighted by atomic mass is 10.1. The molecule has 132 valence electrons. The first-order valence-electron chi connectivity index (χ1n) is 7.84. The Labute approximate surface area is 164 Å². The zero-order valence-electron chi connectivity index (χ0n) is 14.0. The quantitative estimate of drug-likeness (QED) is 0.377. The number of aryl methyl sites for hydroxylation is 1. The molecule has 1 heterocycles. The van der Waals surface area contributed by atoms with Gasteiger partial charge in [0.05, 0.1) is 10.7 Å². The van der Waals surface area contributed by atoms with E-state index in [-0.39, 0.29) is 29.8 Å². The number of halogens is 2. The van der Waals surface area contributed by atoms with Crippen molar-refractivity contribution in [2.45, 2.75) is 26.2 Å². The van der Waals surface area contributed by atoms with Gasteiger partial charge in [-0.15, -0.1) is 35.3 Å². The number of nitrogens with one attached hydrogen (secondary N) is 2. The third-order valence-electron chi connectivity index (χ3n) is 3.44. The van der Waals surface area contributed by atoms with Crippen molar-refractivity contribution in [2.75, 3.05) is 20.1 Å². The molecule has 0 aliphatic carbocycles. The Morgan fingerprint density at radius 1 is 1.21 bits per heavy atom. The van der Waals surface area contributed by atoms with E-state index in [2.05, 4.69) is 32.9 Å². The van der Waals surface area contributed by atoms with Gasteiger partial charge in [0.2, 0.25) is 0 Å². The van der Waals surface area contributed by atoms with Gasteiger partial charge in [-0.25, -0.2) is 9.37 Å². The van der Waals surface area contributed by atoms with E-state index in [9.17, 15) is 4.39 Å². The van der Waals surface area contributed by atoms with Crippen LogP contribution in [0.4, 0.5) is 4.39 Å². The molecule has 2 rings (SSSR count). The molecule has 0 radical (unpaired) electrons. The summed E-state index contributed by atoms with van der Waals surface area (Å²) in [5.41, 5.74) is 1.83. The second-order valence-electron chi connectivity index (χ2n) is 5.10. The SMILES string of the molecule is CCc1nc(CCNC(=NC)NCCc2ccccc2F)cs1.I. The first-order valence-corrected chi connectivity index (χ1v) is 8.72. The van der Waals surface area contributed by atoms with Gasteiger partial charge in [0.1, 0.15) is 5.82 Å². The number of aromatic nitrogens is 1. The van der Waals surface area contributed by atoms with Crippen LogP contribution in [0.25, 0.3) is 0 Å². The fourth-order valence-corrected chi connectivity index (χ4v) is 2.95. The summed E-state index contributed by atoms with van der Waals surface area (Å²) < 4.78 is 13.5. The van der Waals surface area contributed by atoms with Gasteiger partial charge < -0.3 is 10.6 Å². The van der Waals surface area contributed by atoms with E-state index in [0.29, 0.717) is 18.5 Å². The van der Waals surface area contributed by atoms with Crippen LogP contribution in [0, 0.1) is 5.82 Å². The molecule has 0 fully saturated rings. The topological polar surface area (TPSA) is 49.3 Å². The number of guanidine groups is 1. The third-order valence-corrected chi connectivity index (χ3v) is 4.49. The van der Waals surface area contributed by atoms with Crippen molar-refractivity contribution < 1.29 is 4.39 Å². The standard InChI is InChI=1S/C17H23FN4S.HI/c1-3-16-22-14(12-23-16)9-11-21-17(19-2)20-10-8-13-6-4-5-7-15(13)18;/h4-7,12H,3,8-11H2,1-2H3,(H2,19,20,21);1H. The predicted molar refractivity (Wildman–Crippen MR) is 110 cm³/mol. The van der Waals surface area contributed by atoms with Gasteiger partial charge in [0, 0.05) is 31.9 Å². The molecule has 24 heavy (non-hydrogen) atoms. The molecular formula is C17H24FIN4S. The molecule has 0 unspecified atom stereocenters. The van der Waals surface area contributed by atoms with Crippen LogP contribution in [0.15, 0.2) is 34.6 Å². The minimum absolute atomic E-state index is 0. The summed E-state index contributed by atoms with van der Waals surface area (Å²) in [5, 5.41) is 9.74. The average Bonchev–Trinajstić information content (AvgIpc) is 3.03. The lowest BCUT2D eigenvalue weighted by Crippen LogP contribution is -2.39. The molecule has 0 spiro atoms. The Balaban J connectivity index is 0.00000288. The molecule has 7 heteroatoms. The third kappa shape index (κ3) is 6.72. The molecule has 1 aromatic heterocycles. The summed E-state index contributed by atoms with van der Waals surface area (Å²) >= 11 is 1.71. The molecule has 2 N–H and O–H groups in total. The van der Waals surface area contributed by atoms with E-state index in [1.807, 2.05) is 6.07 Å². The highest BCUT2D eigenvalue weighted by Gasteiger charge is 2.03. The van der Waals surface area contributed by atoms with Crippen LogP contribution >= 0.6 is 35.3 Å². The average molecular weight is 462 g/mol. The van der Waals surface area contributed by atoms with Crippen LogP contribution in [0.3, 0.4) is 0 Å². The summed E-state index contributed by atoms with van der Waals surface area (Å²) in [4.78, 5) is 8.72. The number of thiazole rings is 1. The van der Waals surface area contributed by atoms with Gasteiger partial charge >= 0.3 is 0 Å². The summed E-state index contributed by atoms with van der Waals surface area (Å²) in [5.74, 6) is 0.569. The van der Waals surface area contributed by atoms with E-state index < -0.39 is 0 Å². The highest BCUT2D eigenvalue weighted by atomic mass is 127. The molecule has 0 saturated carbocycles. The maximum atomic E-state index is 13.5. The molecule has 0 amide bonds. The van der Waals surface area contributed by atoms with E-state index in [1.165, 1.54) is 11.1 Å². The second kappa shape index (κ2) is 11.4. The number of nitrogens with zero attached hydrogens (tertiary/aromatic N) is 2. The molecule has 4 nitrogen and oxygen atoms in total. The zero-order chi connectivity index (χ0) is 16.5. The van der Waals surface area contributed by atoms with Crippen molar-refractivity contribution in [1.82, 2.24) is 15.6 Å². The van der Waals surface area contributed by atoms with Crippen LogP contribution < -0.4 is 10.6 Å². The van der Waals surface area contributed by atoms with Crippen LogP contribution in [0.2, 0.25) is 0 Å². The Morgan fingerprint density at radius 2 is 1.92 bits per heavy atom. The maximum Gasteiger partial charge on any atom is 0.190 e. The number of hydrogen-bond acceptors (Lipinski definition) is 3. The largest absolute Gasteiger partial charge is 0.356 e. The van der Waals surface area contributed by atoms with Crippen LogP contribution in [-0.2, 0) is 19.3 Å². The number of benzene rings is 1. The molecule has 0 aliphatic heterocycles. The van der Waals surface area contributed by atoms with Crippen molar-refractivity contribution in [1.29, 1.82) is 0 Å². The summed E-state index contributed by atoms with van der Waals surface area (Å²) in [6.07, 6.45) is 2.47. The fraction of sp³-hybridized carbons (Fsp3) is 0.412. The molecule has 1 aromatic carbocycles. The van der Waals surface area contributed by atoms with Crippen LogP contribution in [0.5, 0.6) is 0 Å². The van der Waals surface area contributed by atoms with E-state index >= 15 is 0 Å². The normalized spacial score (nSPS) is 11.0. The van der Waals surface area contributed by atoms with Crippen molar-refractivity contribution in [3.63, 3.8) is 0 Å². The predicted octanol–water partition coefficient (Wildman–Crippen LogP) is 3.41. The number of rotatable bonds is 7. The first kappa shape index (κ1) is 20.8. The lowest BCUT2D eigenvalue weighted by Gasteiger charge is -2.11. The highest BCUT2D eigenvalue weighted by molar-refractivity contribution is 14.0. The Hall–Kier alpha value is -1.22. The number of aliphatic imine (C=N–C) groups is 1. The van der Waals surface area contributed by atoms with Gasteiger partial charge in [-0.1, -0.05) is 25.1 Å². The zero-order valence-corrected chi connectivity index (χ0v) is 17.2. The lowest BCUT2D eigenvalue weighted by molar-refractivity contribution is 0.606. The summed E-state index contributed by atoms with van der Waals surface area (Å²) in [6.45, 7) is 3.52. The molecule has 0 bridgehead atoms. The van der Waals surface area contributed by atoms with Gasteiger partial charge in [-0.3, -0.25) is 4.99 Å². The van der Waals surface area contributed by atoms with Crippen molar-refractivity contribution in [2.24, 2.45) is 4.99 Å². The van der Waals surface area contributed by atoms with Crippen molar-refractivity contribution in [3.05, 3.63) is 51.7 Å². The Morgan fingerprint density at radius 3 is 2.54 bits per heavy atom. The Kier molecular flexibility index (Phi) is 9.85. The van der Waals surface area contributed by atoms with Crippen LogP contribution in [0.1, 0.15) is 23.2 Å². The molecule has 0 aliphatic rings. The Bertz CT molecular complexity index is 645. The first-order chi connectivity index (χ1) is 11.2. The fourth-order valence-electron chi connectivity index (χ4n) is 2.17. The number of hydrogen-bond donors (Lipinski definition) is 2. The molecular weight excluding hydrogens is 438 g/mol. The van der Waals surface area contributed by atoms with E-state index in [0.717, 1.165) is 31.0 Å². The highest BCUT2D eigenvalue weighted by Crippen LogP contribution is 2.10. The smallest absolute Gasteiger partial charge is 0.190 e. The van der Waals surface area contributed by atoms with Crippen molar-refractivity contribution in [3.8, 4) is 0 Å². The monoisotopic (exact) mass is 462 g/mol. The second-order valence-corrected chi connectivity index (χ2v) is 6.05. The summed E-state index contributed by atoms with van der Waals surface area (Å²) in [6, 6.07) is 6.85. The molecule has 0 atom stereocenters. The van der Waals surface area contributed by atoms with Gasteiger partial charge in [-0.2, -0.15) is 0 Å². The van der Waals surface area contributed by atoms with Gasteiger partial charge in [0.25, 0.3) is 0 Å². The van der Waals surface area contributed by atoms with E-state index in [1.54, 1.807) is 30.5 Å². The van der Waals surface area contributed by atoms with E-state index in [4.69, 9.17) is 0 Å².